The minimum Gasteiger partial charge on any atom is -0.372 e. The second-order valence-corrected chi connectivity index (χ2v) is 10.1. The molecule has 0 aromatic rings. The zero-order valence-corrected chi connectivity index (χ0v) is 19.8. The van der Waals surface area contributed by atoms with Gasteiger partial charge in [0, 0.05) is 39.8 Å². The minimum absolute atomic E-state index is 0. The number of sulfonamides is 1. The van der Waals surface area contributed by atoms with Crippen LogP contribution < -0.4 is 5.32 Å². The average Bonchev–Trinajstić information content (AvgIpc) is 2.97. The molecule has 2 heterocycles. The summed E-state index contributed by atoms with van der Waals surface area (Å²) in [5.74, 6) is 1.25. The lowest BCUT2D eigenvalue weighted by molar-refractivity contribution is -0.0772. The van der Waals surface area contributed by atoms with Gasteiger partial charge in [-0.05, 0) is 46.0 Å². The normalized spacial score (nSPS) is 23.8. The molecule has 0 amide bonds. The van der Waals surface area contributed by atoms with Gasteiger partial charge in [0.2, 0.25) is 10.0 Å². The predicted octanol–water partition coefficient (Wildman–Crippen LogP) is 1.74. The minimum atomic E-state index is -3.07. The first-order valence-corrected chi connectivity index (χ1v) is 11.0. The van der Waals surface area contributed by atoms with E-state index in [1.165, 1.54) is 6.26 Å². The zero-order chi connectivity index (χ0) is 18.7. The number of hydrogen-bond acceptors (Lipinski definition) is 4. The van der Waals surface area contributed by atoms with Crippen LogP contribution in [-0.4, -0.2) is 81.3 Å². The quantitative estimate of drug-likeness (QED) is 0.360. The molecule has 1 N–H and O–H groups in total. The fourth-order valence-electron chi connectivity index (χ4n) is 3.52. The van der Waals surface area contributed by atoms with Crippen molar-refractivity contribution >= 4 is 40.0 Å². The maximum atomic E-state index is 11.6. The molecule has 7 nitrogen and oxygen atoms in total. The summed E-state index contributed by atoms with van der Waals surface area (Å²) < 4.78 is 30.9. The van der Waals surface area contributed by atoms with E-state index < -0.39 is 10.0 Å². The summed E-state index contributed by atoms with van der Waals surface area (Å²) in [5, 5.41) is 3.43. The second-order valence-electron chi connectivity index (χ2n) is 8.12. The van der Waals surface area contributed by atoms with Gasteiger partial charge in [0.05, 0.1) is 18.0 Å². The molecule has 0 saturated carbocycles. The number of hydrogen-bond donors (Lipinski definition) is 1. The fourth-order valence-corrected chi connectivity index (χ4v) is 4.44. The Balaban J connectivity index is 0.00000338. The van der Waals surface area contributed by atoms with E-state index in [0.717, 1.165) is 44.9 Å². The first-order valence-electron chi connectivity index (χ1n) is 9.17. The van der Waals surface area contributed by atoms with Crippen LogP contribution in [0.4, 0.5) is 0 Å². The summed E-state index contributed by atoms with van der Waals surface area (Å²) in [7, 11) is -1.27. The van der Waals surface area contributed by atoms with Crippen LogP contribution in [0.3, 0.4) is 0 Å². The maximum absolute atomic E-state index is 11.6. The Bertz CT molecular complexity index is 569. The number of likely N-dealkylation sites (tertiary alicyclic amines) is 1. The van der Waals surface area contributed by atoms with Crippen molar-refractivity contribution in [1.82, 2.24) is 14.5 Å². The van der Waals surface area contributed by atoms with Crippen molar-refractivity contribution in [1.29, 1.82) is 0 Å². The topological polar surface area (TPSA) is 74.2 Å². The van der Waals surface area contributed by atoms with Crippen LogP contribution >= 0.6 is 24.0 Å². The van der Waals surface area contributed by atoms with Crippen LogP contribution in [0.25, 0.3) is 0 Å². The van der Waals surface area contributed by atoms with Crippen molar-refractivity contribution in [2.45, 2.75) is 51.7 Å². The summed E-state index contributed by atoms with van der Waals surface area (Å²) in [6.45, 7) is 10.1. The third-order valence-electron chi connectivity index (χ3n) is 4.74. The Labute approximate surface area is 176 Å². The number of piperidine rings is 1. The van der Waals surface area contributed by atoms with Gasteiger partial charge in [-0.2, -0.15) is 0 Å². The van der Waals surface area contributed by atoms with Gasteiger partial charge in [0.1, 0.15) is 0 Å². The van der Waals surface area contributed by atoms with E-state index in [0.29, 0.717) is 25.1 Å². The van der Waals surface area contributed by atoms with Crippen LogP contribution in [0.2, 0.25) is 0 Å². The molecule has 26 heavy (non-hydrogen) atoms. The number of nitrogens with one attached hydrogen (secondary N) is 1. The maximum Gasteiger partial charge on any atom is 0.211 e. The molecule has 2 fully saturated rings. The molecule has 0 radical (unpaired) electrons. The van der Waals surface area contributed by atoms with Gasteiger partial charge < -0.3 is 15.0 Å². The number of rotatable bonds is 4. The lowest BCUT2D eigenvalue weighted by atomic mass is 10.1. The summed E-state index contributed by atoms with van der Waals surface area (Å²) in [6.07, 6.45) is 4.50. The summed E-state index contributed by atoms with van der Waals surface area (Å²) in [4.78, 5) is 6.67. The highest BCUT2D eigenvalue weighted by atomic mass is 127. The van der Waals surface area contributed by atoms with E-state index in [2.05, 4.69) is 36.0 Å². The number of halogens is 1. The van der Waals surface area contributed by atoms with Gasteiger partial charge in [0.25, 0.3) is 0 Å². The summed E-state index contributed by atoms with van der Waals surface area (Å²) in [5.41, 5.74) is -0.0965. The van der Waals surface area contributed by atoms with E-state index in [1.54, 1.807) is 11.4 Å². The first-order chi connectivity index (χ1) is 11.6. The fraction of sp³-hybridized carbons (Fsp3) is 0.941. The predicted molar refractivity (Wildman–Crippen MR) is 117 cm³/mol. The van der Waals surface area contributed by atoms with Crippen LogP contribution in [0.1, 0.15) is 40.0 Å². The van der Waals surface area contributed by atoms with Gasteiger partial charge in [-0.1, -0.05) is 0 Å². The van der Waals surface area contributed by atoms with Crippen molar-refractivity contribution < 1.29 is 13.2 Å². The lowest BCUT2D eigenvalue weighted by Gasteiger charge is -2.37. The number of ether oxygens (including phenoxy) is 1. The average molecular weight is 502 g/mol. The van der Waals surface area contributed by atoms with Crippen LogP contribution in [-0.2, 0) is 14.8 Å². The number of guanidine groups is 1. The van der Waals surface area contributed by atoms with E-state index in [1.807, 2.05) is 0 Å². The second kappa shape index (κ2) is 9.88. The van der Waals surface area contributed by atoms with Crippen molar-refractivity contribution in [2.75, 3.05) is 46.0 Å². The molecule has 0 bridgehead atoms. The van der Waals surface area contributed by atoms with Gasteiger partial charge >= 0.3 is 0 Å². The Morgan fingerprint density at radius 3 is 2.27 bits per heavy atom. The highest BCUT2D eigenvalue weighted by molar-refractivity contribution is 14.0. The molecule has 2 aliphatic heterocycles. The highest BCUT2D eigenvalue weighted by Crippen LogP contribution is 2.21. The van der Waals surface area contributed by atoms with Gasteiger partial charge in [0.15, 0.2) is 5.96 Å². The molecule has 0 aromatic heterocycles. The molecule has 0 aromatic carbocycles. The third-order valence-corrected chi connectivity index (χ3v) is 6.01. The standard InChI is InChI=1S/C17H34N4O3S.HI/c1-17(2,3)24-15-7-9-20(10-8-15)16(18-4)19-12-14-6-11-21(13-14)25(5,22)23;/h14-15H,6-13H2,1-5H3,(H,18,19);1H. The van der Waals surface area contributed by atoms with Gasteiger partial charge in [-0.25, -0.2) is 12.7 Å². The van der Waals surface area contributed by atoms with Crippen LogP contribution in [0.15, 0.2) is 4.99 Å². The Kier molecular flexibility index (Phi) is 9.09. The first kappa shape index (κ1) is 23.9. The van der Waals surface area contributed by atoms with E-state index >= 15 is 0 Å². The van der Waals surface area contributed by atoms with Crippen LogP contribution in [0.5, 0.6) is 0 Å². The Morgan fingerprint density at radius 2 is 1.81 bits per heavy atom. The molecule has 0 aliphatic carbocycles. The lowest BCUT2D eigenvalue weighted by Crippen LogP contribution is -2.48. The monoisotopic (exact) mass is 502 g/mol. The van der Waals surface area contributed by atoms with Gasteiger partial charge in [-0.3, -0.25) is 4.99 Å². The van der Waals surface area contributed by atoms with E-state index in [9.17, 15) is 8.42 Å². The highest BCUT2D eigenvalue weighted by Gasteiger charge is 2.29. The Hall–Kier alpha value is -0.130. The smallest absolute Gasteiger partial charge is 0.211 e. The molecule has 0 spiro atoms. The number of aliphatic imine (C=N–C) groups is 1. The largest absolute Gasteiger partial charge is 0.372 e. The molecule has 2 aliphatic rings. The van der Waals surface area contributed by atoms with E-state index in [-0.39, 0.29) is 29.6 Å². The third kappa shape index (κ3) is 7.47. The summed E-state index contributed by atoms with van der Waals surface area (Å²) >= 11 is 0. The van der Waals surface area contributed by atoms with Crippen molar-refractivity contribution in [3.05, 3.63) is 0 Å². The summed E-state index contributed by atoms with van der Waals surface area (Å²) in [6, 6.07) is 0. The molecular weight excluding hydrogens is 467 g/mol. The van der Waals surface area contributed by atoms with Crippen molar-refractivity contribution in [3.63, 3.8) is 0 Å². The van der Waals surface area contributed by atoms with Crippen molar-refractivity contribution in [3.8, 4) is 0 Å². The molecule has 1 atom stereocenters. The molecule has 154 valence electrons. The Morgan fingerprint density at radius 1 is 1.19 bits per heavy atom. The molecular formula is C17H35IN4O3S. The molecule has 2 rings (SSSR count). The van der Waals surface area contributed by atoms with Crippen LogP contribution in [0, 0.1) is 5.92 Å². The van der Waals surface area contributed by atoms with E-state index in [4.69, 9.17) is 4.74 Å². The number of nitrogens with zero attached hydrogens (tertiary/aromatic N) is 3. The van der Waals surface area contributed by atoms with Gasteiger partial charge in [-0.15, -0.1) is 24.0 Å². The SMILES string of the molecule is CN=C(NCC1CCN(S(C)(=O)=O)C1)N1CCC(OC(C)(C)C)CC1.I. The molecule has 2 saturated heterocycles. The molecule has 1 unspecified atom stereocenters. The van der Waals surface area contributed by atoms with Crippen molar-refractivity contribution in [2.24, 2.45) is 10.9 Å². The zero-order valence-electron chi connectivity index (χ0n) is 16.7. The molecule has 9 heteroatoms.